The lowest BCUT2D eigenvalue weighted by Gasteiger charge is -2.26. The SMILES string of the molecule is Cn1ccc2cc(NC(=O)NCC3COc4ccccc4O3)ccc21. The molecular formula is C19H19N3O3. The van der Waals surface area contributed by atoms with Gasteiger partial charge in [0.15, 0.2) is 17.6 Å². The second-order valence-corrected chi connectivity index (χ2v) is 6.03. The number of carbonyl (C=O) groups is 1. The molecule has 6 nitrogen and oxygen atoms in total. The summed E-state index contributed by atoms with van der Waals surface area (Å²) in [4.78, 5) is 12.1. The molecule has 4 rings (SSSR count). The lowest BCUT2D eigenvalue weighted by molar-refractivity contribution is 0.0922. The Hall–Kier alpha value is -3.15. The summed E-state index contributed by atoms with van der Waals surface area (Å²) in [5.41, 5.74) is 1.87. The van der Waals surface area contributed by atoms with Crippen molar-refractivity contribution in [1.82, 2.24) is 9.88 Å². The van der Waals surface area contributed by atoms with E-state index in [9.17, 15) is 4.79 Å². The van der Waals surface area contributed by atoms with Gasteiger partial charge in [0, 0.05) is 29.8 Å². The van der Waals surface area contributed by atoms with Crippen LogP contribution in [-0.4, -0.2) is 29.9 Å². The fourth-order valence-electron chi connectivity index (χ4n) is 2.90. The number of aryl methyl sites for hydroxylation is 1. The third-order valence-electron chi connectivity index (χ3n) is 4.20. The third kappa shape index (κ3) is 3.24. The first-order valence-corrected chi connectivity index (χ1v) is 8.17. The summed E-state index contributed by atoms with van der Waals surface area (Å²) in [7, 11) is 1.99. The van der Waals surface area contributed by atoms with Gasteiger partial charge in [0.05, 0.1) is 6.54 Å². The molecule has 128 valence electrons. The van der Waals surface area contributed by atoms with Gasteiger partial charge in [-0.2, -0.15) is 0 Å². The highest BCUT2D eigenvalue weighted by molar-refractivity contribution is 5.92. The van der Waals surface area contributed by atoms with E-state index < -0.39 is 0 Å². The second-order valence-electron chi connectivity index (χ2n) is 6.03. The number of benzene rings is 2. The number of para-hydroxylation sites is 2. The van der Waals surface area contributed by atoms with Crippen LogP contribution in [0.1, 0.15) is 0 Å². The van der Waals surface area contributed by atoms with Crippen LogP contribution in [0.5, 0.6) is 11.5 Å². The molecule has 1 atom stereocenters. The number of fused-ring (bicyclic) bond motifs is 2. The molecule has 0 fully saturated rings. The van der Waals surface area contributed by atoms with Crippen molar-refractivity contribution >= 4 is 22.6 Å². The Bertz CT molecular complexity index is 919. The van der Waals surface area contributed by atoms with Crippen LogP contribution in [-0.2, 0) is 7.05 Å². The van der Waals surface area contributed by atoms with Gasteiger partial charge in [0.25, 0.3) is 0 Å². The molecule has 0 bridgehead atoms. The van der Waals surface area contributed by atoms with E-state index in [4.69, 9.17) is 9.47 Å². The zero-order chi connectivity index (χ0) is 17.2. The minimum Gasteiger partial charge on any atom is -0.486 e. The molecule has 0 spiro atoms. The van der Waals surface area contributed by atoms with Crippen LogP contribution in [0.4, 0.5) is 10.5 Å². The van der Waals surface area contributed by atoms with Crippen LogP contribution >= 0.6 is 0 Å². The van der Waals surface area contributed by atoms with Crippen LogP contribution in [0, 0.1) is 0 Å². The molecule has 1 aliphatic heterocycles. The Morgan fingerprint density at radius 2 is 2.04 bits per heavy atom. The molecule has 2 amide bonds. The van der Waals surface area contributed by atoms with Gasteiger partial charge in [0.1, 0.15) is 6.61 Å². The van der Waals surface area contributed by atoms with E-state index in [-0.39, 0.29) is 12.1 Å². The van der Waals surface area contributed by atoms with Crippen LogP contribution in [0.2, 0.25) is 0 Å². The third-order valence-corrected chi connectivity index (χ3v) is 4.20. The number of urea groups is 1. The van der Waals surface area contributed by atoms with Crippen molar-refractivity contribution in [3.05, 3.63) is 54.7 Å². The Labute approximate surface area is 145 Å². The number of nitrogens with zero attached hydrogens (tertiary/aromatic N) is 1. The maximum atomic E-state index is 12.1. The zero-order valence-electron chi connectivity index (χ0n) is 13.9. The predicted octanol–water partition coefficient (Wildman–Crippen LogP) is 3.14. The van der Waals surface area contributed by atoms with E-state index in [0.29, 0.717) is 18.9 Å². The van der Waals surface area contributed by atoms with Crippen LogP contribution in [0.25, 0.3) is 10.9 Å². The summed E-state index contributed by atoms with van der Waals surface area (Å²) < 4.78 is 13.5. The molecule has 2 aromatic carbocycles. The number of aromatic nitrogens is 1. The summed E-state index contributed by atoms with van der Waals surface area (Å²) in [5.74, 6) is 1.44. The molecule has 1 aromatic heterocycles. The van der Waals surface area contributed by atoms with E-state index in [0.717, 1.165) is 22.3 Å². The minimum absolute atomic E-state index is 0.211. The van der Waals surface area contributed by atoms with Crippen molar-refractivity contribution in [3.63, 3.8) is 0 Å². The molecule has 0 saturated heterocycles. The maximum absolute atomic E-state index is 12.1. The minimum atomic E-state index is -0.266. The Morgan fingerprint density at radius 1 is 1.20 bits per heavy atom. The highest BCUT2D eigenvalue weighted by Gasteiger charge is 2.21. The van der Waals surface area contributed by atoms with E-state index >= 15 is 0 Å². The second kappa shape index (κ2) is 6.39. The molecule has 2 N–H and O–H groups in total. The van der Waals surface area contributed by atoms with E-state index in [2.05, 4.69) is 10.6 Å². The highest BCUT2D eigenvalue weighted by Crippen LogP contribution is 2.30. The van der Waals surface area contributed by atoms with E-state index in [1.165, 1.54) is 0 Å². The predicted molar refractivity (Wildman–Crippen MR) is 96.3 cm³/mol. The van der Waals surface area contributed by atoms with Crippen molar-refractivity contribution in [2.75, 3.05) is 18.5 Å². The summed E-state index contributed by atoms with van der Waals surface area (Å²) in [6, 6.07) is 15.1. The lowest BCUT2D eigenvalue weighted by atomic mass is 10.2. The van der Waals surface area contributed by atoms with Crippen LogP contribution in [0.3, 0.4) is 0 Å². The summed E-state index contributed by atoms with van der Waals surface area (Å²) >= 11 is 0. The van der Waals surface area contributed by atoms with Gasteiger partial charge in [-0.1, -0.05) is 12.1 Å². The average Bonchev–Trinajstić information content (AvgIpc) is 3.00. The number of rotatable bonds is 3. The first-order chi connectivity index (χ1) is 12.2. The molecule has 1 unspecified atom stereocenters. The van der Waals surface area contributed by atoms with Gasteiger partial charge >= 0.3 is 6.03 Å². The fourth-order valence-corrected chi connectivity index (χ4v) is 2.90. The molecule has 3 aromatic rings. The monoisotopic (exact) mass is 337 g/mol. The molecule has 6 heteroatoms. The smallest absolute Gasteiger partial charge is 0.319 e. The number of carbonyl (C=O) groups excluding carboxylic acids is 1. The lowest BCUT2D eigenvalue weighted by Crippen LogP contribution is -2.42. The highest BCUT2D eigenvalue weighted by atomic mass is 16.6. The van der Waals surface area contributed by atoms with Gasteiger partial charge in [-0.3, -0.25) is 0 Å². The Balaban J connectivity index is 1.33. The van der Waals surface area contributed by atoms with E-state index in [1.54, 1.807) is 0 Å². The molecule has 0 aliphatic carbocycles. The number of hydrogen-bond donors (Lipinski definition) is 2. The molecule has 0 saturated carbocycles. The molecule has 25 heavy (non-hydrogen) atoms. The molecule has 2 heterocycles. The average molecular weight is 337 g/mol. The van der Waals surface area contributed by atoms with Gasteiger partial charge in [-0.25, -0.2) is 4.79 Å². The quantitative estimate of drug-likeness (QED) is 0.772. The van der Waals surface area contributed by atoms with Gasteiger partial charge in [0.2, 0.25) is 0 Å². The Kier molecular flexibility index (Phi) is 3.93. The van der Waals surface area contributed by atoms with E-state index in [1.807, 2.05) is 66.3 Å². The van der Waals surface area contributed by atoms with Crippen LogP contribution in [0.15, 0.2) is 54.7 Å². The number of anilines is 1. The topological polar surface area (TPSA) is 64.5 Å². The zero-order valence-corrected chi connectivity index (χ0v) is 13.9. The standard InChI is InChI=1S/C19H19N3O3/c1-22-9-8-13-10-14(6-7-16(13)22)21-19(23)20-11-15-12-24-17-4-2-3-5-18(17)25-15/h2-10,15H,11-12H2,1H3,(H2,20,21,23). The summed E-state index contributed by atoms with van der Waals surface area (Å²) in [5, 5.41) is 6.76. The number of hydrogen-bond acceptors (Lipinski definition) is 3. The molecule has 1 aliphatic rings. The van der Waals surface area contributed by atoms with Gasteiger partial charge in [-0.15, -0.1) is 0 Å². The van der Waals surface area contributed by atoms with Crippen molar-refractivity contribution in [1.29, 1.82) is 0 Å². The summed E-state index contributed by atoms with van der Waals surface area (Å²) in [6.45, 7) is 0.779. The van der Waals surface area contributed by atoms with Crippen molar-refractivity contribution < 1.29 is 14.3 Å². The van der Waals surface area contributed by atoms with Gasteiger partial charge < -0.3 is 24.7 Å². The molecule has 0 radical (unpaired) electrons. The fraction of sp³-hybridized carbons (Fsp3) is 0.211. The van der Waals surface area contributed by atoms with Crippen molar-refractivity contribution in [2.24, 2.45) is 7.05 Å². The number of nitrogens with one attached hydrogen (secondary N) is 2. The van der Waals surface area contributed by atoms with Crippen molar-refractivity contribution in [2.45, 2.75) is 6.10 Å². The first-order valence-electron chi connectivity index (χ1n) is 8.17. The normalized spacial score (nSPS) is 15.8. The van der Waals surface area contributed by atoms with Gasteiger partial charge in [-0.05, 0) is 36.4 Å². The molecular weight excluding hydrogens is 318 g/mol. The number of amides is 2. The van der Waals surface area contributed by atoms with Crippen LogP contribution < -0.4 is 20.1 Å². The summed E-state index contributed by atoms with van der Waals surface area (Å²) in [6.07, 6.45) is 1.78. The van der Waals surface area contributed by atoms with Crippen molar-refractivity contribution in [3.8, 4) is 11.5 Å². The number of ether oxygens (including phenoxy) is 2. The first kappa shape index (κ1) is 15.4. The largest absolute Gasteiger partial charge is 0.486 e. The maximum Gasteiger partial charge on any atom is 0.319 e. The Morgan fingerprint density at radius 3 is 2.92 bits per heavy atom.